The van der Waals surface area contributed by atoms with Crippen LogP contribution in [0.4, 0.5) is 0 Å². The average molecular weight is 882 g/mol. The van der Waals surface area contributed by atoms with Gasteiger partial charge in [0, 0.05) is 30.8 Å². The maximum atomic E-state index is 4.08. The molecule has 0 N–H and O–H groups in total. The van der Waals surface area contributed by atoms with Crippen molar-refractivity contribution in [2.24, 2.45) is 0 Å². The Hall–Kier alpha value is -2.36. The van der Waals surface area contributed by atoms with Crippen LogP contribution in [0.2, 0.25) is 0 Å². The van der Waals surface area contributed by atoms with Crippen LogP contribution in [0.5, 0.6) is 0 Å². The summed E-state index contributed by atoms with van der Waals surface area (Å²) in [5.74, 6) is 0. The molecule has 6 rings (SSSR count). The summed E-state index contributed by atoms with van der Waals surface area (Å²) in [6, 6.07) is 26.9. The molecule has 3 heteroatoms. The fourth-order valence-electron chi connectivity index (χ4n) is 9.99. The molecule has 0 bridgehead atoms. The molecule has 0 amide bonds. The Balaban J connectivity index is 1.52. The monoisotopic (exact) mass is 879 g/mol. The zero-order valence-corrected chi connectivity index (χ0v) is 38.7. The first kappa shape index (κ1) is 43.2. The number of unbranched alkanes of at least 4 members (excludes halogenated alkanes) is 16. The van der Waals surface area contributed by atoms with Crippen molar-refractivity contribution in [2.75, 3.05) is 0 Å². The van der Waals surface area contributed by atoms with Gasteiger partial charge in [0.25, 0.3) is 0 Å². The number of aryl methyl sites for hydroxylation is 2. The molecule has 1 nitrogen and oxygen atoms in total. The second-order valence-corrected chi connectivity index (χ2v) is 19.0. The zero-order chi connectivity index (χ0) is 39.3. The van der Waals surface area contributed by atoms with Gasteiger partial charge in [-0.1, -0.05) is 199 Å². The molecule has 0 unspecified atom stereocenters. The Morgan fingerprint density at radius 1 is 0.464 bits per heavy atom. The largest absolute Gasteiger partial charge is 0.309 e. The third-order valence-corrected chi connectivity index (χ3v) is 14.3. The number of fused-ring (bicyclic) bond motifs is 6. The molecule has 4 aromatic carbocycles. The van der Waals surface area contributed by atoms with Crippen LogP contribution in [0.3, 0.4) is 0 Å². The maximum Gasteiger partial charge on any atom is 0.0547 e. The molecular formula is C53H71Br2N. The lowest BCUT2D eigenvalue weighted by molar-refractivity contribution is 0.398. The molecular weight excluding hydrogens is 810 g/mol. The van der Waals surface area contributed by atoms with E-state index in [0.717, 1.165) is 12.8 Å². The molecule has 0 saturated carbocycles. The van der Waals surface area contributed by atoms with Gasteiger partial charge in [-0.3, -0.25) is 0 Å². The molecule has 0 spiro atoms. The highest BCUT2D eigenvalue weighted by molar-refractivity contribution is 9.10. The van der Waals surface area contributed by atoms with Gasteiger partial charge in [0.1, 0.15) is 0 Å². The summed E-state index contributed by atoms with van der Waals surface area (Å²) in [6.07, 6.45) is 31.0. The minimum atomic E-state index is 0.0507. The van der Waals surface area contributed by atoms with Crippen LogP contribution in [0.25, 0.3) is 38.6 Å². The van der Waals surface area contributed by atoms with Crippen molar-refractivity contribution < 1.29 is 0 Å². The van der Waals surface area contributed by atoms with Gasteiger partial charge in [-0.2, -0.15) is 0 Å². The van der Waals surface area contributed by atoms with Gasteiger partial charge in [0.05, 0.1) is 11.0 Å². The topological polar surface area (TPSA) is 4.93 Å². The summed E-state index contributed by atoms with van der Waals surface area (Å²) in [5.41, 5.74) is 13.2. The number of para-hydroxylation sites is 1. The normalized spacial score (nSPS) is 13.2. The molecule has 1 aliphatic rings. The summed E-state index contributed by atoms with van der Waals surface area (Å²) < 4.78 is 5.17. The lowest BCUT2D eigenvalue weighted by Crippen LogP contribution is -2.25. The highest BCUT2D eigenvalue weighted by Crippen LogP contribution is 2.56. The quantitative estimate of drug-likeness (QED) is 0.0515. The summed E-state index contributed by atoms with van der Waals surface area (Å²) in [4.78, 5) is 0. The van der Waals surface area contributed by atoms with Gasteiger partial charge >= 0.3 is 0 Å². The van der Waals surface area contributed by atoms with Gasteiger partial charge in [-0.05, 0) is 114 Å². The van der Waals surface area contributed by atoms with Crippen LogP contribution in [0.15, 0.2) is 75.7 Å². The Labute approximate surface area is 358 Å². The number of halogens is 2. The molecule has 302 valence electrons. The number of benzene rings is 4. The SMILES string of the molecule is CCCCCCCCC1(CCCCCCCC)c2cc(Br)ccc2-c2cc3c(cc21)c1ccccc1n3-c1cc(CCCCCC)c(Br)cc1CCCCCC. The molecule has 56 heavy (non-hydrogen) atoms. The van der Waals surface area contributed by atoms with E-state index in [2.05, 4.69) is 131 Å². The molecule has 0 aliphatic heterocycles. The second-order valence-electron chi connectivity index (χ2n) is 17.3. The van der Waals surface area contributed by atoms with E-state index >= 15 is 0 Å². The Morgan fingerprint density at radius 3 is 1.66 bits per heavy atom. The van der Waals surface area contributed by atoms with E-state index in [1.807, 2.05) is 0 Å². The second kappa shape index (κ2) is 21.6. The number of hydrogen-bond acceptors (Lipinski definition) is 0. The van der Waals surface area contributed by atoms with Gasteiger partial charge in [-0.25, -0.2) is 0 Å². The van der Waals surface area contributed by atoms with E-state index in [9.17, 15) is 0 Å². The van der Waals surface area contributed by atoms with Crippen LogP contribution in [-0.2, 0) is 18.3 Å². The summed E-state index contributed by atoms with van der Waals surface area (Å²) in [6.45, 7) is 9.29. The molecule has 1 heterocycles. The molecule has 5 aromatic rings. The lowest BCUT2D eigenvalue weighted by atomic mass is 9.70. The smallest absolute Gasteiger partial charge is 0.0547 e. The maximum absolute atomic E-state index is 4.08. The Kier molecular flexibility index (Phi) is 16.7. The van der Waals surface area contributed by atoms with E-state index < -0.39 is 0 Å². The minimum absolute atomic E-state index is 0.0507. The van der Waals surface area contributed by atoms with Crippen LogP contribution >= 0.6 is 31.9 Å². The van der Waals surface area contributed by atoms with Gasteiger partial charge in [0.15, 0.2) is 0 Å². The van der Waals surface area contributed by atoms with Crippen molar-refractivity contribution in [2.45, 2.75) is 187 Å². The summed E-state index contributed by atoms with van der Waals surface area (Å²) in [7, 11) is 0. The van der Waals surface area contributed by atoms with Crippen molar-refractivity contribution in [1.29, 1.82) is 0 Å². The number of aromatic nitrogens is 1. The van der Waals surface area contributed by atoms with E-state index in [-0.39, 0.29) is 5.41 Å². The van der Waals surface area contributed by atoms with Crippen LogP contribution in [-0.4, -0.2) is 4.57 Å². The number of rotatable bonds is 25. The Morgan fingerprint density at radius 2 is 1.02 bits per heavy atom. The molecule has 0 fully saturated rings. The molecule has 0 atom stereocenters. The van der Waals surface area contributed by atoms with Crippen LogP contribution in [0.1, 0.15) is 191 Å². The number of hydrogen-bond donors (Lipinski definition) is 0. The van der Waals surface area contributed by atoms with Gasteiger partial charge in [-0.15, -0.1) is 0 Å². The minimum Gasteiger partial charge on any atom is -0.309 e. The van der Waals surface area contributed by atoms with E-state index in [1.54, 1.807) is 11.1 Å². The predicted molar refractivity (Wildman–Crippen MR) is 254 cm³/mol. The fourth-order valence-corrected chi connectivity index (χ4v) is 10.9. The van der Waals surface area contributed by atoms with Gasteiger partial charge in [0.2, 0.25) is 0 Å². The molecule has 1 aromatic heterocycles. The lowest BCUT2D eigenvalue weighted by Gasteiger charge is -2.33. The number of nitrogens with zero attached hydrogens (tertiary/aromatic N) is 1. The third kappa shape index (κ3) is 9.90. The highest BCUT2D eigenvalue weighted by Gasteiger charge is 2.43. The van der Waals surface area contributed by atoms with Crippen molar-refractivity contribution in [3.05, 3.63) is 97.9 Å². The van der Waals surface area contributed by atoms with E-state index in [0.29, 0.717) is 0 Å². The standard InChI is InChI=1S/C53H71Br2N/c1-5-9-13-17-19-25-33-53(34-26-20-18-14-10-6-2)47-37-42(54)31-32-43(47)45-39-52-46(38-48(45)53)44-29-23-24-30-50(44)56(52)51-36-40(27-21-15-11-7-3)49(55)35-41(51)28-22-16-12-8-4/h23-24,29-32,35-39H,5-22,25-28,33-34H2,1-4H3. The molecule has 0 radical (unpaired) electrons. The predicted octanol–water partition coefficient (Wildman–Crippen LogP) is 18.3. The highest BCUT2D eigenvalue weighted by atomic mass is 79.9. The summed E-state index contributed by atoms with van der Waals surface area (Å²) >= 11 is 8.04. The van der Waals surface area contributed by atoms with Crippen molar-refractivity contribution in [3.8, 4) is 16.8 Å². The first-order chi connectivity index (χ1) is 27.5. The summed E-state index contributed by atoms with van der Waals surface area (Å²) in [5, 5.41) is 2.81. The first-order valence-electron chi connectivity index (χ1n) is 23.2. The van der Waals surface area contributed by atoms with Gasteiger partial charge < -0.3 is 4.57 Å². The average Bonchev–Trinajstić information content (AvgIpc) is 3.66. The first-order valence-corrected chi connectivity index (χ1v) is 24.8. The zero-order valence-electron chi connectivity index (χ0n) is 35.5. The van der Waals surface area contributed by atoms with Crippen LogP contribution in [0, 0.1) is 0 Å². The van der Waals surface area contributed by atoms with Crippen molar-refractivity contribution in [3.63, 3.8) is 0 Å². The van der Waals surface area contributed by atoms with Crippen molar-refractivity contribution >= 4 is 53.7 Å². The fraction of sp³-hybridized carbons (Fsp3) is 0.547. The van der Waals surface area contributed by atoms with Crippen LogP contribution < -0.4 is 0 Å². The van der Waals surface area contributed by atoms with E-state index in [4.69, 9.17) is 0 Å². The molecule has 0 saturated heterocycles. The molecule has 1 aliphatic carbocycles. The van der Waals surface area contributed by atoms with Crippen molar-refractivity contribution in [1.82, 2.24) is 4.57 Å². The van der Waals surface area contributed by atoms with E-state index in [1.165, 1.54) is 200 Å². The Bertz CT molecular complexity index is 1980. The third-order valence-electron chi connectivity index (χ3n) is 13.1.